The van der Waals surface area contributed by atoms with E-state index in [-0.39, 0.29) is 0 Å². The van der Waals surface area contributed by atoms with Crippen LogP contribution in [0.2, 0.25) is 0 Å². The van der Waals surface area contributed by atoms with Crippen LogP contribution in [0.5, 0.6) is 0 Å². The summed E-state index contributed by atoms with van der Waals surface area (Å²) in [4.78, 5) is 0. The number of unbranched alkanes of at least 4 members (excludes halogenated alkanes) is 2. The van der Waals surface area contributed by atoms with E-state index in [9.17, 15) is 0 Å². The van der Waals surface area contributed by atoms with E-state index in [0.29, 0.717) is 0 Å². The molecular weight excluding hydrogens is 496 g/mol. The molecule has 2 saturated carbocycles. The van der Waals surface area contributed by atoms with Gasteiger partial charge in [0.1, 0.15) is 0 Å². The number of ether oxygens (including phenoxy) is 1. The highest BCUT2D eigenvalue weighted by Gasteiger charge is 2.23. The van der Waals surface area contributed by atoms with Gasteiger partial charge in [0.25, 0.3) is 0 Å². The normalized spacial score (nSPS) is 31.1. The smallest absolute Gasteiger partial charge is 0.0466 e. The molecule has 0 N–H and O–H groups in total. The van der Waals surface area contributed by atoms with Crippen molar-refractivity contribution in [2.24, 2.45) is 35.5 Å². The van der Waals surface area contributed by atoms with Crippen molar-refractivity contribution in [1.82, 2.24) is 0 Å². The van der Waals surface area contributed by atoms with Crippen LogP contribution in [0.4, 0.5) is 0 Å². The molecule has 0 aromatic carbocycles. The third kappa shape index (κ3) is 12.9. The summed E-state index contributed by atoms with van der Waals surface area (Å²) in [5.74, 6) is 6.16. The lowest BCUT2D eigenvalue weighted by Crippen LogP contribution is -2.15. The lowest BCUT2D eigenvalue weighted by Gasteiger charge is -2.29. The molecule has 0 aromatic heterocycles. The Bertz CT molecular complexity index is 670. The van der Waals surface area contributed by atoms with Crippen molar-refractivity contribution in [3.8, 4) is 0 Å². The predicted molar refractivity (Wildman–Crippen MR) is 179 cm³/mol. The maximum absolute atomic E-state index is 6.01. The third-order valence-corrected chi connectivity index (χ3v) is 12.4. The van der Waals surface area contributed by atoms with Gasteiger partial charge in [-0.3, -0.25) is 0 Å². The van der Waals surface area contributed by atoms with Gasteiger partial charge in [-0.15, -0.1) is 0 Å². The van der Waals surface area contributed by atoms with Gasteiger partial charge in [0.2, 0.25) is 0 Å². The van der Waals surface area contributed by atoms with Gasteiger partial charge in [-0.25, -0.2) is 0 Å². The first kappa shape index (κ1) is 33.3. The Kier molecular flexibility index (Phi) is 16.0. The maximum Gasteiger partial charge on any atom is 0.0466 e. The summed E-state index contributed by atoms with van der Waals surface area (Å²) in [7, 11) is 0. The quantitative estimate of drug-likeness (QED) is 0.118. The minimum atomic E-state index is 0.973. The van der Waals surface area contributed by atoms with Crippen LogP contribution in [0.3, 0.4) is 0 Å². The highest BCUT2D eigenvalue weighted by molar-refractivity contribution is 5.07. The maximum atomic E-state index is 6.01. The molecule has 4 aliphatic rings. The molecule has 4 rings (SSSR count). The number of rotatable bonds is 18. The Morgan fingerprint density at radius 1 is 0.488 bits per heavy atom. The minimum absolute atomic E-state index is 0.973. The molecule has 236 valence electrons. The Labute approximate surface area is 257 Å². The molecule has 4 aliphatic carbocycles. The van der Waals surface area contributed by atoms with Gasteiger partial charge in [0, 0.05) is 13.2 Å². The van der Waals surface area contributed by atoms with Crippen LogP contribution in [0.25, 0.3) is 0 Å². The van der Waals surface area contributed by atoms with Crippen molar-refractivity contribution in [3.05, 3.63) is 23.3 Å². The zero-order valence-corrected chi connectivity index (χ0v) is 27.8. The van der Waals surface area contributed by atoms with E-state index in [1.165, 1.54) is 167 Å². The van der Waals surface area contributed by atoms with Crippen molar-refractivity contribution < 1.29 is 4.74 Å². The van der Waals surface area contributed by atoms with E-state index in [1.54, 1.807) is 11.1 Å². The molecule has 0 spiro atoms. The van der Waals surface area contributed by atoms with Gasteiger partial charge in [0.05, 0.1) is 0 Å². The predicted octanol–water partition coefficient (Wildman–Crippen LogP) is 12.8. The van der Waals surface area contributed by atoms with Gasteiger partial charge in [-0.05, 0) is 125 Å². The average molecular weight is 567 g/mol. The second kappa shape index (κ2) is 19.7. The molecule has 1 heteroatoms. The van der Waals surface area contributed by atoms with Crippen LogP contribution in [0.15, 0.2) is 23.3 Å². The van der Waals surface area contributed by atoms with Gasteiger partial charge < -0.3 is 4.74 Å². The Morgan fingerprint density at radius 3 is 1.24 bits per heavy atom. The molecule has 0 aromatic rings. The monoisotopic (exact) mass is 567 g/mol. The van der Waals surface area contributed by atoms with Gasteiger partial charge in [-0.1, -0.05) is 114 Å². The second-order valence-corrected chi connectivity index (χ2v) is 15.3. The van der Waals surface area contributed by atoms with Crippen LogP contribution in [-0.4, -0.2) is 13.2 Å². The first-order chi connectivity index (χ1) is 20.2. The minimum Gasteiger partial charge on any atom is -0.381 e. The van der Waals surface area contributed by atoms with Crippen LogP contribution < -0.4 is 0 Å². The molecule has 0 aliphatic heterocycles. The molecule has 1 nitrogen and oxygen atoms in total. The van der Waals surface area contributed by atoms with E-state index >= 15 is 0 Å². The largest absolute Gasteiger partial charge is 0.381 e. The highest BCUT2D eigenvalue weighted by Crippen LogP contribution is 2.38. The fraction of sp³-hybridized carbons (Fsp3) is 0.900. The summed E-state index contributed by atoms with van der Waals surface area (Å²) < 4.78 is 6.01. The van der Waals surface area contributed by atoms with Crippen LogP contribution in [-0.2, 0) is 4.74 Å². The molecule has 2 fully saturated rings. The molecule has 0 radical (unpaired) electrons. The van der Waals surface area contributed by atoms with E-state index in [1.807, 2.05) is 0 Å². The lowest BCUT2D eigenvalue weighted by molar-refractivity contribution is 0.126. The van der Waals surface area contributed by atoms with Crippen molar-refractivity contribution in [2.75, 3.05) is 13.2 Å². The molecule has 0 bridgehead atoms. The lowest BCUT2D eigenvalue weighted by atomic mass is 9.76. The van der Waals surface area contributed by atoms with Crippen molar-refractivity contribution in [3.63, 3.8) is 0 Å². The Balaban J connectivity index is 0.921. The summed E-state index contributed by atoms with van der Waals surface area (Å²) in [5, 5.41) is 0. The SMILES string of the molecule is CCC1CCC(CCC2CC=C(CCCCOCCCCC3=CCC(CCC4CCC(CC)CC4)CC3)CC2)CC1. The fourth-order valence-corrected chi connectivity index (χ4v) is 8.88. The van der Waals surface area contributed by atoms with E-state index < -0.39 is 0 Å². The molecule has 0 heterocycles. The van der Waals surface area contributed by atoms with Gasteiger partial charge in [-0.2, -0.15) is 0 Å². The molecule has 0 amide bonds. The van der Waals surface area contributed by atoms with Crippen molar-refractivity contribution in [1.29, 1.82) is 0 Å². The summed E-state index contributed by atoms with van der Waals surface area (Å²) in [6.07, 6.45) is 42.4. The van der Waals surface area contributed by atoms with Crippen LogP contribution in [0, 0.1) is 35.5 Å². The topological polar surface area (TPSA) is 9.23 Å². The Morgan fingerprint density at radius 2 is 0.878 bits per heavy atom. The highest BCUT2D eigenvalue weighted by atomic mass is 16.5. The second-order valence-electron chi connectivity index (χ2n) is 15.3. The van der Waals surface area contributed by atoms with E-state index in [0.717, 1.165) is 48.7 Å². The zero-order chi connectivity index (χ0) is 28.5. The summed E-state index contributed by atoms with van der Waals surface area (Å²) in [6.45, 7) is 6.71. The number of allylic oxidation sites excluding steroid dienone is 4. The first-order valence-corrected chi connectivity index (χ1v) is 19.1. The van der Waals surface area contributed by atoms with E-state index in [2.05, 4.69) is 26.0 Å². The molecular formula is C40H70O. The van der Waals surface area contributed by atoms with Crippen LogP contribution >= 0.6 is 0 Å². The van der Waals surface area contributed by atoms with Gasteiger partial charge >= 0.3 is 0 Å². The summed E-state index contributed by atoms with van der Waals surface area (Å²) in [6, 6.07) is 0. The third-order valence-electron chi connectivity index (χ3n) is 12.4. The van der Waals surface area contributed by atoms with E-state index in [4.69, 9.17) is 4.74 Å². The Hall–Kier alpha value is -0.560. The zero-order valence-electron chi connectivity index (χ0n) is 27.8. The standard InChI is InChI=1S/C40H70O/c1-3-33-11-15-37(16-12-33)27-29-39-23-19-35(20-24-39)9-5-7-31-41-32-8-6-10-36-21-25-40(26-22-36)30-28-38-17-13-34(4-2)14-18-38/h19,21,33-34,37-40H,3-18,20,22-32H2,1-2H3. The number of hydrogen-bond donors (Lipinski definition) is 0. The van der Waals surface area contributed by atoms with Crippen LogP contribution in [0.1, 0.15) is 181 Å². The molecule has 2 unspecified atom stereocenters. The average Bonchev–Trinajstić information content (AvgIpc) is 3.03. The van der Waals surface area contributed by atoms with Crippen molar-refractivity contribution >= 4 is 0 Å². The molecule has 2 atom stereocenters. The molecule has 41 heavy (non-hydrogen) atoms. The first-order valence-electron chi connectivity index (χ1n) is 19.1. The van der Waals surface area contributed by atoms with Crippen molar-refractivity contribution in [2.45, 2.75) is 181 Å². The van der Waals surface area contributed by atoms with Gasteiger partial charge in [0.15, 0.2) is 0 Å². The summed E-state index contributed by atoms with van der Waals surface area (Å²) in [5.41, 5.74) is 3.51. The fourth-order valence-electron chi connectivity index (χ4n) is 8.88. The number of hydrogen-bond acceptors (Lipinski definition) is 1. The summed E-state index contributed by atoms with van der Waals surface area (Å²) >= 11 is 0. The molecule has 0 saturated heterocycles.